The number of carboxylic acids is 1. The van der Waals surface area contributed by atoms with Gasteiger partial charge >= 0.3 is 70.8 Å². The molecular formula is C22H25N3Na2O20P2S2. The van der Waals surface area contributed by atoms with Gasteiger partial charge in [-0.3, -0.25) is 38.1 Å². The van der Waals surface area contributed by atoms with Crippen LogP contribution >= 0.6 is 37.2 Å². The molecule has 0 spiro atoms. The number of nitrogens with zero attached hydrogens (tertiary/aromatic N) is 2. The molecule has 11 atom stereocenters. The number of hydrogen-bond acceptors (Lipinski definition) is 21. The second kappa shape index (κ2) is 19.4. The molecule has 2 aliphatic rings. The molecule has 4 rings (SSSR count). The molecule has 2 aromatic rings. The molecule has 29 heteroatoms. The van der Waals surface area contributed by atoms with E-state index in [4.69, 9.17) is 9.47 Å². The number of nitrogens with one attached hydrogen (secondary N) is 1. The smallest absolute Gasteiger partial charge is 0.756 e. The topological polar surface area (TPSA) is 363 Å². The number of aliphatic hydroxyl groups is 5. The molecule has 0 aliphatic carbocycles. The van der Waals surface area contributed by atoms with Crippen LogP contribution in [0.25, 0.3) is 0 Å². The molecule has 51 heavy (non-hydrogen) atoms. The van der Waals surface area contributed by atoms with Gasteiger partial charge in [0.2, 0.25) is 0 Å². The van der Waals surface area contributed by atoms with E-state index >= 15 is 0 Å². The molecule has 2 fully saturated rings. The fourth-order valence-electron chi connectivity index (χ4n) is 4.39. The van der Waals surface area contributed by atoms with Gasteiger partial charge < -0.3 is 54.4 Å². The molecule has 0 radical (unpaired) electrons. The summed E-state index contributed by atoms with van der Waals surface area (Å²) in [6, 6.07) is 4.08. The van der Waals surface area contributed by atoms with Crippen molar-refractivity contribution in [2.45, 2.75) is 60.1 Å². The zero-order chi connectivity index (χ0) is 36.4. The van der Waals surface area contributed by atoms with Gasteiger partial charge in [0, 0.05) is 29.0 Å². The third-order valence-corrected chi connectivity index (χ3v) is 11.6. The average Bonchev–Trinajstić information content (AvgIpc) is 3.29. The molecule has 23 nitrogen and oxygen atoms in total. The van der Waals surface area contributed by atoms with Crippen LogP contribution in [0, 0.1) is 10.1 Å². The summed E-state index contributed by atoms with van der Waals surface area (Å²) in [5, 5.41) is 71.5. The Labute approximate surface area is 336 Å². The largest absolute Gasteiger partial charge is 1.00 e. The number of aromatic amines is 1. The van der Waals surface area contributed by atoms with Crippen molar-refractivity contribution in [2.75, 3.05) is 12.4 Å². The van der Waals surface area contributed by atoms with Crippen molar-refractivity contribution in [3.05, 3.63) is 67.0 Å². The van der Waals surface area contributed by atoms with Gasteiger partial charge in [0.15, 0.2) is 12.5 Å². The zero-order valence-electron chi connectivity index (χ0n) is 26.0. The Bertz CT molecular complexity index is 1770. The minimum atomic E-state index is -6.04. The number of aromatic carboxylic acids is 1. The summed E-state index contributed by atoms with van der Waals surface area (Å²) < 4.78 is 48.7. The number of benzene rings is 1. The van der Waals surface area contributed by atoms with E-state index < -0.39 is 111 Å². The van der Waals surface area contributed by atoms with Crippen LogP contribution in [0.1, 0.15) is 16.6 Å². The zero-order valence-corrected chi connectivity index (χ0v) is 33.4. The van der Waals surface area contributed by atoms with Crippen LogP contribution in [0.5, 0.6) is 0 Å². The number of hydrogen-bond donors (Lipinski definition) is 7. The molecule has 272 valence electrons. The summed E-state index contributed by atoms with van der Waals surface area (Å²) in [7, 11) is -10.2. The molecule has 0 bridgehead atoms. The summed E-state index contributed by atoms with van der Waals surface area (Å²) >= 11 is 0. The van der Waals surface area contributed by atoms with Gasteiger partial charge in [-0.05, 0) is 12.1 Å². The molecule has 2 aliphatic heterocycles. The number of nitro groups is 1. The van der Waals surface area contributed by atoms with Crippen molar-refractivity contribution in [2.24, 2.45) is 0 Å². The molecule has 3 heterocycles. The number of phosphoric ester groups is 2. The number of phosphoric acid groups is 2. The Hall–Kier alpha value is -0.550. The third kappa shape index (κ3) is 12.0. The Morgan fingerprint density at radius 3 is 2.22 bits per heavy atom. The first-order chi connectivity index (χ1) is 22.8. The molecule has 0 saturated carbocycles. The predicted molar refractivity (Wildman–Crippen MR) is 156 cm³/mol. The second-order valence-corrected chi connectivity index (χ2v) is 15.4. The normalized spacial score (nSPS) is 29.9. The Kier molecular flexibility index (Phi) is 17.7. The van der Waals surface area contributed by atoms with Crippen molar-refractivity contribution in [3.8, 4) is 0 Å². The number of carbonyl (C=O) groups is 1. The van der Waals surface area contributed by atoms with E-state index in [1.54, 1.807) is 0 Å². The molecule has 1 aromatic carbocycles. The van der Waals surface area contributed by atoms with Gasteiger partial charge in [0.1, 0.15) is 42.2 Å². The molecule has 2 saturated heterocycles. The van der Waals surface area contributed by atoms with Gasteiger partial charge in [-0.1, -0.05) is 21.6 Å². The van der Waals surface area contributed by atoms with Crippen molar-refractivity contribution in [1.29, 1.82) is 0 Å². The Morgan fingerprint density at radius 2 is 1.61 bits per heavy atom. The van der Waals surface area contributed by atoms with E-state index in [0.717, 1.165) is 46.0 Å². The predicted octanol–water partition coefficient (Wildman–Crippen LogP) is -9.00. The summed E-state index contributed by atoms with van der Waals surface area (Å²) in [5.74, 6) is -1.87. The average molecular weight is 824 g/mol. The van der Waals surface area contributed by atoms with E-state index in [9.17, 15) is 74.1 Å². The maximum Gasteiger partial charge on any atom is 1.00 e. The number of rotatable bonds is 14. The van der Waals surface area contributed by atoms with Gasteiger partial charge in [-0.2, -0.15) is 0 Å². The Balaban J connectivity index is 0.00000451. The standard InChI is InChI=1S/C22H27N3O20P2S2.2Na/c26-13-3-4-24(22(34)23-13)19-17(30)14(27)11(42-19)6-41-46(37,38)45-47(39,40)44-21-18(31)16(29)15(28)12(43-21)7-48-49-8-1-2-10(25(35)36)9(5-8)20(32)33;;/h1-5,11-12,14-19,21,27-31H,6-7H2,(H,32,33)(H,37,38)(H,39,40)(H,23,26,34);;/q;2*+1/p-2/t11-,12-,14-,15+,16+,17-,18-,19-,21?;;/m1../s1. The van der Waals surface area contributed by atoms with Crippen LogP contribution in [0.3, 0.4) is 0 Å². The van der Waals surface area contributed by atoms with E-state index in [-0.39, 0.29) is 69.8 Å². The van der Waals surface area contributed by atoms with Crippen LogP contribution < -0.4 is 80.2 Å². The van der Waals surface area contributed by atoms with Crippen LogP contribution in [-0.4, -0.2) is 112 Å². The first-order valence-corrected chi connectivity index (χ1v) is 18.5. The van der Waals surface area contributed by atoms with E-state index in [1.807, 2.05) is 4.98 Å². The maximum atomic E-state index is 12.4. The Morgan fingerprint density at radius 1 is 0.961 bits per heavy atom. The van der Waals surface area contributed by atoms with E-state index in [2.05, 4.69) is 13.4 Å². The number of aromatic nitrogens is 2. The SMILES string of the molecule is O=C(O)c1cc(SSC[C@H]2OC(OP(=O)([O-])OP(=O)([O-])OC[C@H]3O[C@@H](n4ccc(=O)[nH]c4=O)[C@H](O)[C@@H]3O)[C@H](O)[C@@H](O)[C@H]2O)ccc1[N+](=O)[O-].[Na+].[Na+]. The number of H-pyrrole nitrogens is 1. The summed E-state index contributed by atoms with van der Waals surface area (Å²) in [6.07, 6.45) is -16.2. The van der Waals surface area contributed by atoms with Gasteiger partial charge in [-0.15, -0.1) is 0 Å². The minimum Gasteiger partial charge on any atom is -0.756 e. The van der Waals surface area contributed by atoms with Gasteiger partial charge in [0.05, 0.1) is 17.6 Å². The first kappa shape index (κ1) is 46.6. The van der Waals surface area contributed by atoms with Gasteiger partial charge in [-0.25, -0.2) is 13.9 Å². The van der Waals surface area contributed by atoms with E-state index in [1.165, 1.54) is 6.07 Å². The fraction of sp³-hybridized carbons (Fsp3) is 0.500. The fourth-order valence-corrected chi connectivity index (χ4v) is 8.70. The van der Waals surface area contributed by atoms with Crippen molar-refractivity contribution >= 4 is 48.9 Å². The number of aliphatic hydroxyl groups excluding tert-OH is 5. The van der Waals surface area contributed by atoms with Crippen molar-refractivity contribution in [1.82, 2.24) is 9.55 Å². The number of nitro benzene ring substituents is 1. The maximum absolute atomic E-state index is 12.4. The van der Waals surface area contributed by atoms with Crippen molar-refractivity contribution in [3.63, 3.8) is 0 Å². The minimum absolute atomic E-state index is 0. The van der Waals surface area contributed by atoms with Crippen molar-refractivity contribution < 1.29 is 141 Å². The first-order valence-electron chi connectivity index (χ1n) is 13.3. The van der Waals surface area contributed by atoms with E-state index in [0.29, 0.717) is 4.57 Å². The molecule has 1 aromatic heterocycles. The monoisotopic (exact) mass is 823 g/mol. The quantitative estimate of drug-likeness (QED) is 0.0306. The molecule has 0 amide bonds. The molecule has 7 N–H and O–H groups in total. The van der Waals surface area contributed by atoms with Crippen LogP contribution in [-0.2, 0) is 32.0 Å². The number of carboxylic acid groups (broad SMARTS) is 1. The van der Waals surface area contributed by atoms with Crippen LogP contribution in [0.2, 0.25) is 0 Å². The number of ether oxygens (including phenoxy) is 2. The van der Waals surface area contributed by atoms with Crippen LogP contribution in [0.4, 0.5) is 5.69 Å². The molecule has 3 unspecified atom stereocenters. The summed E-state index contributed by atoms with van der Waals surface area (Å²) in [4.78, 5) is 71.6. The summed E-state index contributed by atoms with van der Waals surface area (Å²) in [5.41, 5.74) is -3.11. The second-order valence-electron chi connectivity index (χ2n) is 10.1. The molecular weight excluding hydrogens is 798 g/mol. The van der Waals surface area contributed by atoms with Crippen LogP contribution in [0.15, 0.2) is 44.9 Å². The van der Waals surface area contributed by atoms with Gasteiger partial charge in [0.25, 0.3) is 26.9 Å². The third-order valence-electron chi connectivity index (χ3n) is 6.74. The summed E-state index contributed by atoms with van der Waals surface area (Å²) in [6.45, 7) is -1.17.